The monoisotopic (exact) mass is 354 g/mol. The number of hydrogen-bond acceptors (Lipinski definition) is 4. The van der Waals surface area contributed by atoms with E-state index in [0.29, 0.717) is 29.5 Å². The van der Waals surface area contributed by atoms with E-state index < -0.39 is 0 Å². The fourth-order valence-electron chi connectivity index (χ4n) is 1.95. The molecule has 0 atom stereocenters. The SMILES string of the molecule is CCOC(=O)CCc1ccc(Oc2ccc(O)cc2)c(Cl)c1Cl. The van der Waals surface area contributed by atoms with Crippen LogP contribution in [0.1, 0.15) is 18.9 Å². The number of halogens is 2. The molecule has 0 bridgehead atoms. The van der Waals surface area contributed by atoms with Crippen LogP contribution in [-0.2, 0) is 16.0 Å². The first kappa shape index (κ1) is 17.4. The average Bonchev–Trinajstić information content (AvgIpc) is 2.53. The van der Waals surface area contributed by atoms with Crippen LogP contribution in [0.4, 0.5) is 0 Å². The summed E-state index contributed by atoms with van der Waals surface area (Å²) in [6.45, 7) is 2.12. The summed E-state index contributed by atoms with van der Waals surface area (Å²) in [7, 11) is 0. The van der Waals surface area contributed by atoms with Crippen molar-refractivity contribution >= 4 is 29.2 Å². The molecule has 4 nitrogen and oxygen atoms in total. The number of ether oxygens (including phenoxy) is 2. The molecule has 0 aliphatic heterocycles. The number of aromatic hydroxyl groups is 1. The minimum absolute atomic E-state index is 0.149. The summed E-state index contributed by atoms with van der Waals surface area (Å²) in [5, 5.41) is 9.89. The molecule has 0 aromatic heterocycles. The number of hydrogen-bond donors (Lipinski definition) is 1. The molecule has 0 radical (unpaired) electrons. The van der Waals surface area contributed by atoms with Gasteiger partial charge in [0.25, 0.3) is 0 Å². The summed E-state index contributed by atoms with van der Waals surface area (Å²) >= 11 is 12.5. The van der Waals surface area contributed by atoms with Crippen LogP contribution in [0.15, 0.2) is 36.4 Å². The van der Waals surface area contributed by atoms with Crippen LogP contribution in [0.2, 0.25) is 10.0 Å². The highest BCUT2D eigenvalue weighted by molar-refractivity contribution is 6.43. The van der Waals surface area contributed by atoms with E-state index in [1.165, 1.54) is 12.1 Å². The van der Waals surface area contributed by atoms with Crippen LogP contribution in [0.5, 0.6) is 17.2 Å². The van der Waals surface area contributed by atoms with Gasteiger partial charge >= 0.3 is 5.97 Å². The summed E-state index contributed by atoms with van der Waals surface area (Å²) < 4.78 is 10.5. The zero-order valence-corrected chi connectivity index (χ0v) is 14.0. The molecule has 2 aromatic rings. The van der Waals surface area contributed by atoms with E-state index in [1.54, 1.807) is 31.2 Å². The van der Waals surface area contributed by atoms with Crippen molar-refractivity contribution in [2.45, 2.75) is 19.8 Å². The van der Waals surface area contributed by atoms with Crippen molar-refractivity contribution < 1.29 is 19.4 Å². The van der Waals surface area contributed by atoms with Gasteiger partial charge in [-0.05, 0) is 49.2 Å². The van der Waals surface area contributed by atoms with Crippen molar-refractivity contribution in [3.63, 3.8) is 0 Å². The fourth-order valence-corrected chi connectivity index (χ4v) is 2.43. The molecule has 1 N–H and O–H groups in total. The van der Waals surface area contributed by atoms with E-state index in [1.807, 2.05) is 0 Å². The first-order valence-electron chi connectivity index (χ1n) is 7.10. The molecule has 2 rings (SSSR count). The molecule has 0 unspecified atom stereocenters. The van der Waals surface area contributed by atoms with Crippen molar-refractivity contribution in [2.24, 2.45) is 0 Å². The van der Waals surface area contributed by atoms with E-state index >= 15 is 0 Å². The number of carbonyl (C=O) groups excluding carboxylic acids is 1. The Balaban J connectivity index is 2.10. The summed E-state index contributed by atoms with van der Waals surface area (Å²) in [5.74, 6) is 0.808. The topological polar surface area (TPSA) is 55.8 Å². The first-order valence-corrected chi connectivity index (χ1v) is 7.86. The molecule has 23 heavy (non-hydrogen) atoms. The van der Waals surface area contributed by atoms with Gasteiger partial charge in [-0.1, -0.05) is 29.3 Å². The standard InChI is InChI=1S/C17H16Cl2O4/c1-2-22-15(21)10-4-11-3-9-14(17(19)16(11)18)23-13-7-5-12(20)6-8-13/h3,5-9,20H,2,4,10H2,1H3. The van der Waals surface area contributed by atoms with Gasteiger partial charge in [0.15, 0.2) is 0 Å². The number of rotatable bonds is 6. The number of phenols is 1. The Labute approximate surface area is 144 Å². The smallest absolute Gasteiger partial charge is 0.306 e. The van der Waals surface area contributed by atoms with Crippen molar-refractivity contribution in [3.8, 4) is 17.2 Å². The van der Waals surface area contributed by atoms with Crippen molar-refractivity contribution in [2.75, 3.05) is 6.61 Å². The summed E-state index contributed by atoms with van der Waals surface area (Å²) in [5.41, 5.74) is 0.753. The third-order valence-electron chi connectivity index (χ3n) is 3.10. The first-order chi connectivity index (χ1) is 11.0. The number of phenolic OH excluding ortho intramolecular Hbond substituents is 1. The zero-order chi connectivity index (χ0) is 16.8. The summed E-state index contributed by atoms with van der Waals surface area (Å²) in [6, 6.07) is 9.73. The molecule has 2 aromatic carbocycles. The maximum atomic E-state index is 11.4. The third-order valence-corrected chi connectivity index (χ3v) is 4.00. The van der Waals surface area contributed by atoms with E-state index in [-0.39, 0.29) is 23.2 Å². The molecule has 0 heterocycles. The molecule has 0 amide bonds. The average molecular weight is 355 g/mol. The summed E-state index contributed by atoms with van der Waals surface area (Å²) in [6.07, 6.45) is 0.679. The maximum Gasteiger partial charge on any atom is 0.306 e. The van der Waals surface area contributed by atoms with Gasteiger partial charge in [0.05, 0.1) is 11.6 Å². The van der Waals surface area contributed by atoms with E-state index in [2.05, 4.69) is 0 Å². The number of aryl methyl sites for hydroxylation is 1. The van der Waals surface area contributed by atoms with Crippen molar-refractivity contribution in [1.29, 1.82) is 0 Å². The van der Waals surface area contributed by atoms with Gasteiger partial charge in [0, 0.05) is 6.42 Å². The van der Waals surface area contributed by atoms with Crippen LogP contribution in [0.25, 0.3) is 0 Å². The molecule has 0 aliphatic rings. The van der Waals surface area contributed by atoms with E-state index in [4.69, 9.17) is 32.7 Å². The quantitative estimate of drug-likeness (QED) is 0.742. The van der Waals surface area contributed by atoms with Gasteiger partial charge in [-0.25, -0.2) is 0 Å². The largest absolute Gasteiger partial charge is 0.508 e. The Morgan fingerprint density at radius 2 is 1.78 bits per heavy atom. The van der Waals surface area contributed by atoms with Crippen LogP contribution in [-0.4, -0.2) is 17.7 Å². The molecule has 0 spiro atoms. The Hall–Kier alpha value is -1.91. The predicted molar refractivity (Wildman–Crippen MR) is 89.6 cm³/mol. The molecule has 0 fully saturated rings. The Morgan fingerprint density at radius 1 is 1.09 bits per heavy atom. The number of esters is 1. The Morgan fingerprint density at radius 3 is 2.43 bits per heavy atom. The van der Waals surface area contributed by atoms with Crippen molar-refractivity contribution in [3.05, 3.63) is 52.0 Å². The van der Waals surface area contributed by atoms with Gasteiger partial charge in [-0.3, -0.25) is 4.79 Å². The molecule has 122 valence electrons. The molecule has 0 aliphatic carbocycles. The van der Waals surface area contributed by atoms with E-state index in [9.17, 15) is 9.90 Å². The Bertz CT molecular complexity index is 684. The second-order valence-corrected chi connectivity index (χ2v) is 5.51. The van der Waals surface area contributed by atoms with Crippen LogP contribution < -0.4 is 4.74 Å². The zero-order valence-electron chi connectivity index (χ0n) is 12.5. The van der Waals surface area contributed by atoms with Crippen LogP contribution in [0.3, 0.4) is 0 Å². The fraction of sp³-hybridized carbons (Fsp3) is 0.235. The van der Waals surface area contributed by atoms with E-state index in [0.717, 1.165) is 5.56 Å². The third kappa shape index (κ3) is 4.78. The number of carbonyl (C=O) groups is 1. The van der Waals surface area contributed by atoms with Crippen molar-refractivity contribution in [1.82, 2.24) is 0 Å². The lowest BCUT2D eigenvalue weighted by molar-refractivity contribution is -0.143. The lowest BCUT2D eigenvalue weighted by atomic mass is 10.1. The van der Waals surface area contributed by atoms with Gasteiger partial charge in [-0.2, -0.15) is 0 Å². The highest BCUT2D eigenvalue weighted by Crippen LogP contribution is 2.37. The maximum absolute atomic E-state index is 11.4. The van der Waals surface area contributed by atoms with Crippen LogP contribution in [0, 0.1) is 0 Å². The highest BCUT2D eigenvalue weighted by Gasteiger charge is 2.13. The minimum atomic E-state index is -0.274. The lowest BCUT2D eigenvalue weighted by Gasteiger charge is -2.12. The molecular weight excluding hydrogens is 339 g/mol. The minimum Gasteiger partial charge on any atom is -0.508 e. The van der Waals surface area contributed by atoms with Gasteiger partial charge in [0.1, 0.15) is 22.3 Å². The van der Waals surface area contributed by atoms with Gasteiger partial charge < -0.3 is 14.6 Å². The molecule has 6 heteroatoms. The lowest BCUT2D eigenvalue weighted by Crippen LogP contribution is -2.05. The Kier molecular flexibility index (Phi) is 6.13. The second-order valence-electron chi connectivity index (χ2n) is 4.75. The summed E-state index contributed by atoms with van der Waals surface area (Å²) in [4.78, 5) is 11.4. The molecular formula is C17H16Cl2O4. The highest BCUT2D eigenvalue weighted by atomic mass is 35.5. The molecule has 0 saturated heterocycles. The van der Waals surface area contributed by atoms with Crippen LogP contribution >= 0.6 is 23.2 Å². The second kappa shape index (κ2) is 8.09. The normalized spacial score (nSPS) is 10.4. The molecule has 0 saturated carbocycles. The predicted octanol–water partition coefficient (Wildman–Crippen LogP) is 4.99. The van der Waals surface area contributed by atoms with Gasteiger partial charge in [-0.15, -0.1) is 0 Å². The van der Waals surface area contributed by atoms with Gasteiger partial charge in [0.2, 0.25) is 0 Å². The number of benzene rings is 2.